The van der Waals surface area contributed by atoms with Gasteiger partial charge in [0.05, 0.1) is 6.61 Å². The Balaban J connectivity index is 2.15. The maximum Gasteiger partial charge on any atom is 0.315 e. The molecule has 0 spiro atoms. The van der Waals surface area contributed by atoms with Gasteiger partial charge < -0.3 is 14.5 Å². The number of nitrogens with zero attached hydrogens (tertiary/aromatic N) is 2. The second-order valence-corrected chi connectivity index (χ2v) is 1.66. The highest BCUT2D eigenvalue weighted by molar-refractivity contribution is 5.14. The van der Waals surface area contributed by atoms with Gasteiger partial charge in [-0.15, -0.1) is 5.10 Å². The van der Waals surface area contributed by atoms with Gasteiger partial charge in [-0.25, -0.2) is 0 Å². The number of rotatable bonds is 4. The third kappa shape index (κ3) is 2.02. The molecule has 0 atom stereocenters. The standard InChI is InChI=1S/C5H9N3O2/c1-9-3-2-6-5-8-7-4-10-5/h4H,2-3H2,1H3,(H,6,8). The van der Waals surface area contributed by atoms with Crippen LogP contribution >= 0.6 is 0 Å². The molecule has 0 aliphatic rings. The first kappa shape index (κ1) is 7.01. The fourth-order valence-electron chi connectivity index (χ4n) is 0.510. The van der Waals surface area contributed by atoms with E-state index >= 15 is 0 Å². The SMILES string of the molecule is COCCNc1nnco1. The fraction of sp³-hybridized carbons (Fsp3) is 0.600. The Hall–Kier alpha value is -1.10. The molecule has 56 valence electrons. The van der Waals surface area contributed by atoms with E-state index in [1.807, 2.05) is 0 Å². The summed E-state index contributed by atoms with van der Waals surface area (Å²) >= 11 is 0. The number of anilines is 1. The van der Waals surface area contributed by atoms with Crippen LogP contribution in [0.1, 0.15) is 0 Å². The highest BCUT2D eigenvalue weighted by atomic mass is 16.5. The zero-order chi connectivity index (χ0) is 7.23. The molecule has 1 rings (SSSR count). The zero-order valence-corrected chi connectivity index (χ0v) is 5.70. The van der Waals surface area contributed by atoms with Crippen LogP contribution < -0.4 is 5.32 Å². The van der Waals surface area contributed by atoms with E-state index in [9.17, 15) is 0 Å². The van der Waals surface area contributed by atoms with Crippen LogP contribution in [0.2, 0.25) is 0 Å². The Morgan fingerprint density at radius 1 is 1.80 bits per heavy atom. The van der Waals surface area contributed by atoms with Crippen molar-refractivity contribution in [3.05, 3.63) is 6.39 Å². The molecule has 0 amide bonds. The summed E-state index contributed by atoms with van der Waals surface area (Å²) in [7, 11) is 1.63. The molecule has 5 heteroatoms. The molecule has 1 aromatic heterocycles. The molecule has 0 aliphatic carbocycles. The molecular formula is C5H9N3O2. The second kappa shape index (κ2) is 3.84. The summed E-state index contributed by atoms with van der Waals surface area (Å²) in [4.78, 5) is 0. The molecule has 0 unspecified atom stereocenters. The van der Waals surface area contributed by atoms with Crippen molar-refractivity contribution < 1.29 is 9.15 Å². The lowest BCUT2D eigenvalue weighted by atomic mass is 10.7. The predicted molar refractivity (Wildman–Crippen MR) is 34.7 cm³/mol. The summed E-state index contributed by atoms with van der Waals surface area (Å²) < 4.78 is 9.58. The van der Waals surface area contributed by atoms with Gasteiger partial charge in [-0.3, -0.25) is 0 Å². The molecule has 0 bridgehead atoms. The number of ether oxygens (including phenoxy) is 1. The number of nitrogens with one attached hydrogen (secondary N) is 1. The molecule has 1 N–H and O–H groups in total. The Morgan fingerprint density at radius 3 is 3.30 bits per heavy atom. The highest BCUT2D eigenvalue weighted by Crippen LogP contribution is 1.95. The van der Waals surface area contributed by atoms with E-state index in [-0.39, 0.29) is 0 Å². The van der Waals surface area contributed by atoms with Crippen molar-refractivity contribution >= 4 is 6.01 Å². The first-order valence-electron chi connectivity index (χ1n) is 2.92. The number of hydrogen-bond donors (Lipinski definition) is 1. The summed E-state index contributed by atoms with van der Waals surface area (Å²) in [5.41, 5.74) is 0. The van der Waals surface area contributed by atoms with Crippen molar-refractivity contribution in [3.63, 3.8) is 0 Å². The summed E-state index contributed by atoms with van der Waals surface area (Å²) in [5.74, 6) is 0. The predicted octanol–water partition coefficient (Wildman–Crippen LogP) is 0.128. The molecule has 0 aliphatic heterocycles. The molecule has 0 saturated carbocycles. The third-order valence-electron chi connectivity index (χ3n) is 0.942. The quantitative estimate of drug-likeness (QED) is 0.607. The number of methoxy groups -OCH3 is 1. The lowest BCUT2D eigenvalue weighted by molar-refractivity contribution is 0.210. The molecular weight excluding hydrogens is 134 g/mol. The van der Waals surface area contributed by atoms with Crippen LogP contribution in [-0.2, 0) is 4.74 Å². The van der Waals surface area contributed by atoms with E-state index in [0.29, 0.717) is 19.2 Å². The lowest BCUT2D eigenvalue weighted by Gasteiger charge is -1.97. The van der Waals surface area contributed by atoms with Crippen LogP contribution in [0.4, 0.5) is 6.01 Å². The third-order valence-corrected chi connectivity index (χ3v) is 0.942. The largest absolute Gasteiger partial charge is 0.411 e. The molecule has 0 radical (unpaired) electrons. The monoisotopic (exact) mass is 143 g/mol. The first-order valence-corrected chi connectivity index (χ1v) is 2.92. The normalized spacial score (nSPS) is 9.70. The average molecular weight is 143 g/mol. The van der Waals surface area contributed by atoms with Crippen LogP contribution in [0.5, 0.6) is 0 Å². The van der Waals surface area contributed by atoms with E-state index in [1.54, 1.807) is 7.11 Å². The zero-order valence-electron chi connectivity index (χ0n) is 5.70. The van der Waals surface area contributed by atoms with Gasteiger partial charge in [0.25, 0.3) is 0 Å². The van der Waals surface area contributed by atoms with Crippen molar-refractivity contribution in [2.45, 2.75) is 0 Å². The molecule has 0 aromatic carbocycles. The van der Waals surface area contributed by atoms with Gasteiger partial charge in [0.2, 0.25) is 6.39 Å². The van der Waals surface area contributed by atoms with E-state index in [1.165, 1.54) is 6.39 Å². The van der Waals surface area contributed by atoms with Gasteiger partial charge in [-0.2, -0.15) is 0 Å². The Labute approximate surface area is 58.4 Å². The summed E-state index contributed by atoms with van der Waals surface area (Å²) in [6.07, 6.45) is 1.27. The summed E-state index contributed by atoms with van der Waals surface area (Å²) in [5, 5.41) is 9.95. The Morgan fingerprint density at radius 2 is 2.70 bits per heavy atom. The smallest absolute Gasteiger partial charge is 0.315 e. The van der Waals surface area contributed by atoms with Crippen LogP contribution in [0, 0.1) is 0 Å². The van der Waals surface area contributed by atoms with Gasteiger partial charge in [0.1, 0.15) is 0 Å². The van der Waals surface area contributed by atoms with Crippen LogP contribution in [0.3, 0.4) is 0 Å². The van der Waals surface area contributed by atoms with Gasteiger partial charge in [-0.1, -0.05) is 5.10 Å². The van der Waals surface area contributed by atoms with E-state index in [2.05, 4.69) is 15.5 Å². The minimum atomic E-state index is 0.428. The molecule has 1 heterocycles. The highest BCUT2D eigenvalue weighted by Gasteiger charge is 1.93. The molecule has 1 aromatic rings. The first-order chi connectivity index (χ1) is 4.93. The second-order valence-electron chi connectivity index (χ2n) is 1.66. The van der Waals surface area contributed by atoms with Crippen LogP contribution in [-0.4, -0.2) is 30.5 Å². The van der Waals surface area contributed by atoms with Crippen LogP contribution in [0.25, 0.3) is 0 Å². The Bertz CT molecular complexity index is 163. The Kier molecular flexibility index (Phi) is 2.69. The summed E-state index contributed by atoms with van der Waals surface area (Å²) in [6, 6.07) is 0.428. The van der Waals surface area contributed by atoms with Gasteiger partial charge in [0, 0.05) is 13.7 Å². The van der Waals surface area contributed by atoms with E-state index in [4.69, 9.17) is 9.15 Å². The van der Waals surface area contributed by atoms with Gasteiger partial charge in [0.15, 0.2) is 0 Å². The van der Waals surface area contributed by atoms with Crippen molar-refractivity contribution in [3.8, 4) is 0 Å². The molecule has 10 heavy (non-hydrogen) atoms. The molecule has 0 fully saturated rings. The van der Waals surface area contributed by atoms with Crippen molar-refractivity contribution in [2.75, 3.05) is 25.6 Å². The average Bonchev–Trinajstić information content (AvgIpc) is 2.41. The minimum Gasteiger partial charge on any atom is -0.411 e. The molecule has 5 nitrogen and oxygen atoms in total. The van der Waals surface area contributed by atoms with Gasteiger partial charge >= 0.3 is 6.01 Å². The van der Waals surface area contributed by atoms with E-state index < -0.39 is 0 Å². The number of hydrogen-bond acceptors (Lipinski definition) is 5. The fourth-order valence-corrected chi connectivity index (χ4v) is 0.510. The summed E-state index contributed by atoms with van der Waals surface area (Å²) in [6.45, 7) is 1.31. The van der Waals surface area contributed by atoms with Gasteiger partial charge in [-0.05, 0) is 0 Å². The minimum absolute atomic E-state index is 0.428. The maximum atomic E-state index is 4.79. The van der Waals surface area contributed by atoms with Crippen molar-refractivity contribution in [2.24, 2.45) is 0 Å². The van der Waals surface area contributed by atoms with Crippen molar-refractivity contribution in [1.29, 1.82) is 0 Å². The maximum absolute atomic E-state index is 4.79. The van der Waals surface area contributed by atoms with Crippen LogP contribution in [0.15, 0.2) is 10.8 Å². The molecule has 0 saturated heterocycles. The van der Waals surface area contributed by atoms with Crippen molar-refractivity contribution in [1.82, 2.24) is 10.2 Å². The number of aromatic nitrogens is 2. The topological polar surface area (TPSA) is 60.2 Å². The van der Waals surface area contributed by atoms with E-state index in [0.717, 1.165) is 0 Å². The lowest BCUT2D eigenvalue weighted by Crippen LogP contribution is -2.07.